The normalized spacial score (nSPS) is 19.4. The highest BCUT2D eigenvalue weighted by Crippen LogP contribution is 2.45. The number of nitrogens with zero attached hydrogens (tertiary/aromatic N) is 2. The molecule has 7 nitrogen and oxygen atoms in total. The van der Waals surface area contributed by atoms with E-state index in [4.69, 9.17) is 5.11 Å². The molecular weight excluding hydrogens is 430 g/mol. The van der Waals surface area contributed by atoms with Crippen molar-refractivity contribution in [3.8, 4) is 11.8 Å². The summed E-state index contributed by atoms with van der Waals surface area (Å²) in [6.45, 7) is 2.62. The van der Waals surface area contributed by atoms with Crippen LogP contribution < -0.4 is 5.32 Å². The number of likely N-dealkylation sites (N-methyl/N-ethyl adjacent to an activating group) is 2. The molecule has 3 unspecified atom stereocenters. The summed E-state index contributed by atoms with van der Waals surface area (Å²) in [5, 5.41) is 11.5. The molecule has 7 heteroatoms. The molecule has 0 radical (unpaired) electrons. The predicted molar refractivity (Wildman–Crippen MR) is 128 cm³/mol. The van der Waals surface area contributed by atoms with E-state index < -0.39 is 30.2 Å². The average molecular weight is 460 g/mol. The van der Waals surface area contributed by atoms with Gasteiger partial charge in [-0.25, -0.2) is 0 Å². The van der Waals surface area contributed by atoms with Gasteiger partial charge in [0.25, 0.3) is 5.91 Å². The van der Waals surface area contributed by atoms with Crippen molar-refractivity contribution in [3.05, 3.63) is 70.8 Å². The number of Topliss-reactive ketones (excluding diaryl/α,β-unsaturated/α-hetero) is 1. The Labute approximate surface area is 199 Å². The monoisotopic (exact) mass is 459 g/mol. The molecule has 1 aliphatic carbocycles. The van der Waals surface area contributed by atoms with Crippen molar-refractivity contribution in [1.82, 2.24) is 15.1 Å². The van der Waals surface area contributed by atoms with Crippen LogP contribution in [0.4, 0.5) is 0 Å². The van der Waals surface area contributed by atoms with Crippen LogP contribution >= 0.6 is 0 Å². The zero-order valence-electron chi connectivity index (χ0n) is 19.5. The van der Waals surface area contributed by atoms with E-state index in [1.807, 2.05) is 12.1 Å². The molecule has 2 aromatic rings. The van der Waals surface area contributed by atoms with Gasteiger partial charge >= 0.3 is 0 Å². The van der Waals surface area contributed by atoms with Crippen LogP contribution in [0.1, 0.15) is 33.5 Å². The maximum absolute atomic E-state index is 12.8. The van der Waals surface area contributed by atoms with Gasteiger partial charge in [0.15, 0.2) is 11.8 Å². The number of hydrogen-bond acceptors (Lipinski definition) is 5. The summed E-state index contributed by atoms with van der Waals surface area (Å²) in [7, 11) is 2.73. The summed E-state index contributed by atoms with van der Waals surface area (Å²) in [4.78, 5) is 40.3. The number of rotatable bonds is 7. The molecule has 0 aromatic heterocycles. The van der Waals surface area contributed by atoms with E-state index in [-0.39, 0.29) is 0 Å². The van der Waals surface area contributed by atoms with Crippen LogP contribution in [0.2, 0.25) is 0 Å². The molecule has 1 heterocycles. The number of likely N-dealkylation sites (tertiary alicyclic amines) is 1. The van der Waals surface area contributed by atoms with Crippen LogP contribution in [0.25, 0.3) is 0 Å². The van der Waals surface area contributed by atoms with Gasteiger partial charge in [-0.2, -0.15) is 0 Å². The van der Waals surface area contributed by atoms with Gasteiger partial charge in [0.1, 0.15) is 6.61 Å². The minimum atomic E-state index is -1.39. The van der Waals surface area contributed by atoms with Gasteiger partial charge in [-0.15, -0.1) is 0 Å². The molecule has 0 bridgehead atoms. The molecule has 4 rings (SSSR count). The average Bonchev–Trinajstić information content (AvgIpc) is 3.48. The van der Waals surface area contributed by atoms with Crippen molar-refractivity contribution < 1.29 is 19.5 Å². The van der Waals surface area contributed by atoms with Gasteiger partial charge in [0, 0.05) is 50.4 Å². The molecule has 2 N–H and O–H groups in total. The Hall–Kier alpha value is -3.47. The first-order chi connectivity index (χ1) is 16.4. The van der Waals surface area contributed by atoms with Crippen molar-refractivity contribution in [2.45, 2.75) is 19.0 Å². The Morgan fingerprint density at radius 1 is 1.03 bits per heavy atom. The molecule has 2 aliphatic rings. The molecule has 2 fully saturated rings. The molecule has 3 atom stereocenters. The van der Waals surface area contributed by atoms with Crippen molar-refractivity contribution in [3.63, 3.8) is 0 Å². The number of benzene rings is 2. The van der Waals surface area contributed by atoms with Gasteiger partial charge in [0.2, 0.25) is 5.91 Å². The van der Waals surface area contributed by atoms with Gasteiger partial charge in [0.05, 0.1) is 0 Å². The van der Waals surface area contributed by atoms with E-state index in [1.165, 1.54) is 39.2 Å². The zero-order chi connectivity index (χ0) is 24.2. The second kappa shape index (κ2) is 10.2. The lowest BCUT2D eigenvalue weighted by molar-refractivity contribution is -0.135. The molecule has 2 aromatic carbocycles. The van der Waals surface area contributed by atoms with Crippen molar-refractivity contribution in [1.29, 1.82) is 0 Å². The van der Waals surface area contributed by atoms with Gasteiger partial charge < -0.3 is 15.3 Å². The Morgan fingerprint density at radius 2 is 1.59 bits per heavy atom. The van der Waals surface area contributed by atoms with Crippen LogP contribution in [0.3, 0.4) is 0 Å². The van der Waals surface area contributed by atoms with Crippen molar-refractivity contribution in [2.75, 3.05) is 33.8 Å². The van der Waals surface area contributed by atoms with E-state index in [1.54, 1.807) is 24.3 Å². The number of amides is 2. The number of aliphatic hydroxyl groups is 1. The number of ketones is 1. The van der Waals surface area contributed by atoms with E-state index in [0.29, 0.717) is 5.56 Å². The lowest BCUT2D eigenvalue weighted by Crippen LogP contribution is -2.52. The minimum Gasteiger partial charge on any atom is -0.388 e. The molecule has 34 heavy (non-hydrogen) atoms. The summed E-state index contributed by atoms with van der Waals surface area (Å²) in [5.74, 6) is 6.22. The lowest BCUT2D eigenvalue weighted by Gasteiger charge is -2.25. The topological polar surface area (TPSA) is 90.0 Å². The fourth-order valence-corrected chi connectivity index (χ4v) is 4.50. The quantitative estimate of drug-likeness (QED) is 0.481. The van der Waals surface area contributed by atoms with Crippen LogP contribution in [0.5, 0.6) is 0 Å². The summed E-state index contributed by atoms with van der Waals surface area (Å²) < 4.78 is 0. The number of piperidine rings is 1. The number of nitrogens with one attached hydrogen (secondary N) is 1. The standard InChI is InChI=1S/C27H29N3O4/c1-28-26(33)25(24(32)17-31)29(2)27(34)21-11-9-19(10-12-21)4-3-18-5-7-20(8-6-18)14-30-15-22-13-23(22)16-30/h5-12,22-23,25,31H,13-17H2,1-2H3,(H,28,33). The molecule has 0 spiro atoms. The molecular formula is C27H29N3O4. The Bertz CT molecular complexity index is 1110. The first kappa shape index (κ1) is 23.7. The molecule has 1 saturated carbocycles. The van der Waals surface area contributed by atoms with Crippen LogP contribution in [0, 0.1) is 23.7 Å². The number of aliphatic hydroxyl groups excluding tert-OH is 1. The Morgan fingerprint density at radius 3 is 2.12 bits per heavy atom. The largest absolute Gasteiger partial charge is 0.388 e. The van der Waals surface area contributed by atoms with Crippen LogP contribution in [-0.4, -0.2) is 72.3 Å². The highest BCUT2D eigenvalue weighted by atomic mass is 16.3. The summed E-state index contributed by atoms with van der Waals surface area (Å²) in [6.07, 6.45) is 1.41. The molecule has 2 amide bonds. The van der Waals surface area contributed by atoms with Gasteiger partial charge in [-0.05, 0) is 60.2 Å². The second-order valence-electron chi connectivity index (χ2n) is 9.03. The van der Waals surface area contributed by atoms with Crippen LogP contribution in [-0.2, 0) is 16.1 Å². The first-order valence-electron chi connectivity index (χ1n) is 11.4. The summed E-state index contributed by atoms with van der Waals surface area (Å²) >= 11 is 0. The van der Waals surface area contributed by atoms with Gasteiger partial charge in [-0.3, -0.25) is 19.3 Å². The highest BCUT2D eigenvalue weighted by molar-refractivity contribution is 6.10. The fraction of sp³-hybridized carbons (Fsp3) is 0.370. The fourth-order valence-electron chi connectivity index (χ4n) is 4.50. The second-order valence-corrected chi connectivity index (χ2v) is 9.03. The number of fused-ring (bicyclic) bond motifs is 1. The van der Waals surface area contributed by atoms with E-state index in [9.17, 15) is 14.4 Å². The Kier molecular flexibility index (Phi) is 7.11. The third-order valence-electron chi connectivity index (χ3n) is 6.56. The number of carbonyl (C=O) groups is 3. The Balaban J connectivity index is 1.37. The number of hydrogen-bond donors (Lipinski definition) is 2. The third kappa shape index (κ3) is 5.36. The summed E-state index contributed by atoms with van der Waals surface area (Å²) in [5.41, 5.74) is 3.28. The lowest BCUT2D eigenvalue weighted by atomic mass is 10.1. The number of carbonyl (C=O) groups excluding carboxylic acids is 3. The maximum Gasteiger partial charge on any atom is 0.254 e. The molecule has 1 saturated heterocycles. The smallest absolute Gasteiger partial charge is 0.254 e. The summed E-state index contributed by atoms with van der Waals surface area (Å²) in [6, 6.07) is 13.6. The predicted octanol–water partition coefficient (Wildman–Crippen LogP) is 1.29. The van der Waals surface area contributed by atoms with E-state index in [2.05, 4.69) is 34.2 Å². The highest BCUT2D eigenvalue weighted by Gasteiger charge is 2.44. The third-order valence-corrected chi connectivity index (χ3v) is 6.56. The maximum atomic E-state index is 12.8. The van der Waals surface area contributed by atoms with Crippen molar-refractivity contribution in [2.24, 2.45) is 11.8 Å². The van der Waals surface area contributed by atoms with Crippen LogP contribution in [0.15, 0.2) is 48.5 Å². The van der Waals surface area contributed by atoms with E-state index >= 15 is 0 Å². The zero-order valence-corrected chi connectivity index (χ0v) is 19.5. The van der Waals surface area contributed by atoms with Gasteiger partial charge in [-0.1, -0.05) is 24.0 Å². The van der Waals surface area contributed by atoms with E-state index in [0.717, 1.165) is 34.4 Å². The molecule has 176 valence electrons. The first-order valence-corrected chi connectivity index (χ1v) is 11.4. The molecule has 1 aliphatic heterocycles. The minimum absolute atomic E-state index is 0.316. The SMILES string of the molecule is CNC(=O)C(C(=O)CO)N(C)C(=O)c1ccc(C#Cc2ccc(CN3CC4CC4C3)cc2)cc1. The van der Waals surface area contributed by atoms with Crippen molar-refractivity contribution >= 4 is 17.6 Å².